The lowest BCUT2D eigenvalue weighted by Crippen LogP contribution is -2.31. The molecule has 0 saturated carbocycles. The number of hydrogen-bond donors (Lipinski definition) is 0. The molecular formula is C13H22N4. The second kappa shape index (κ2) is 5.00. The quantitative estimate of drug-likeness (QED) is 0.779. The highest BCUT2D eigenvalue weighted by Crippen LogP contribution is 2.26. The minimum Gasteiger partial charge on any atom is -0.363 e. The predicted octanol–water partition coefficient (Wildman–Crippen LogP) is 1.66. The SMILES string of the molecule is Cc1nc([C@H]2CCCN(C)C2)cc(N(C)C)n1. The van der Waals surface area contributed by atoms with Crippen molar-refractivity contribution in [2.24, 2.45) is 0 Å². The van der Waals surface area contributed by atoms with Crippen molar-refractivity contribution in [1.29, 1.82) is 0 Å². The monoisotopic (exact) mass is 234 g/mol. The van der Waals surface area contributed by atoms with E-state index in [0.717, 1.165) is 18.2 Å². The van der Waals surface area contributed by atoms with Crippen LogP contribution in [0.5, 0.6) is 0 Å². The van der Waals surface area contributed by atoms with Crippen LogP contribution in [0.3, 0.4) is 0 Å². The summed E-state index contributed by atoms with van der Waals surface area (Å²) >= 11 is 0. The Bertz CT molecular complexity index is 389. The molecule has 1 atom stereocenters. The minimum atomic E-state index is 0.564. The van der Waals surface area contributed by atoms with E-state index in [1.54, 1.807) is 0 Å². The van der Waals surface area contributed by atoms with Crippen LogP contribution in [0.1, 0.15) is 30.3 Å². The Morgan fingerprint density at radius 3 is 2.76 bits per heavy atom. The molecule has 2 heterocycles. The molecule has 4 nitrogen and oxygen atoms in total. The van der Waals surface area contributed by atoms with Gasteiger partial charge < -0.3 is 9.80 Å². The number of piperidine rings is 1. The summed E-state index contributed by atoms with van der Waals surface area (Å²) in [4.78, 5) is 13.5. The molecule has 1 aromatic rings. The van der Waals surface area contributed by atoms with Crippen LogP contribution < -0.4 is 4.90 Å². The molecule has 94 valence electrons. The maximum absolute atomic E-state index is 4.61. The number of nitrogens with zero attached hydrogens (tertiary/aromatic N) is 4. The van der Waals surface area contributed by atoms with Crippen LogP contribution in [-0.4, -0.2) is 49.1 Å². The van der Waals surface area contributed by atoms with Gasteiger partial charge in [-0.1, -0.05) is 0 Å². The van der Waals surface area contributed by atoms with Gasteiger partial charge in [0.05, 0.1) is 5.69 Å². The maximum Gasteiger partial charge on any atom is 0.132 e. The molecule has 4 heteroatoms. The largest absolute Gasteiger partial charge is 0.363 e. The van der Waals surface area contributed by atoms with Crippen molar-refractivity contribution in [1.82, 2.24) is 14.9 Å². The average molecular weight is 234 g/mol. The number of aryl methyl sites for hydroxylation is 1. The van der Waals surface area contributed by atoms with Gasteiger partial charge in [0, 0.05) is 32.6 Å². The van der Waals surface area contributed by atoms with Crippen molar-refractivity contribution < 1.29 is 0 Å². The second-order valence-electron chi connectivity index (χ2n) is 5.19. The normalized spacial score (nSPS) is 21.5. The number of hydrogen-bond acceptors (Lipinski definition) is 4. The Kier molecular flexibility index (Phi) is 3.62. The third kappa shape index (κ3) is 2.94. The molecule has 0 spiro atoms. The highest BCUT2D eigenvalue weighted by atomic mass is 15.2. The van der Waals surface area contributed by atoms with Gasteiger partial charge >= 0.3 is 0 Å². The number of rotatable bonds is 2. The standard InChI is InChI=1S/C13H22N4/c1-10-14-12(8-13(15-10)16(2)3)11-6-5-7-17(4)9-11/h8,11H,5-7,9H2,1-4H3/t11-/m0/s1. The van der Waals surface area contributed by atoms with Crippen LogP contribution in [-0.2, 0) is 0 Å². The van der Waals surface area contributed by atoms with E-state index in [1.165, 1.54) is 25.1 Å². The van der Waals surface area contributed by atoms with Gasteiger partial charge in [0.1, 0.15) is 11.6 Å². The van der Waals surface area contributed by atoms with Crippen LogP contribution in [0.25, 0.3) is 0 Å². The van der Waals surface area contributed by atoms with Crippen molar-refractivity contribution in [3.8, 4) is 0 Å². The summed E-state index contributed by atoms with van der Waals surface area (Å²) < 4.78 is 0. The Labute approximate surface area is 104 Å². The minimum absolute atomic E-state index is 0.564. The summed E-state index contributed by atoms with van der Waals surface area (Å²) in [7, 11) is 6.24. The maximum atomic E-state index is 4.61. The van der Waals surface area contributed by atoms with Crippen molar-refractivity contribution in [3.05, 3.63) is 17.6 Å². The number of likely N-dealkylation sites (N-methyl/N-ethyl adjacent to an activating group) is 1. The molecule has 1 aliphatic rings. The molecule has 0 unspecified atom stereocenters. The van der Waals surface area contributed by atoms with E-state index in [4.69, 9.17) is 0 Å². The lowest BCUT2D eigenvalue weighted by Gasteiger charge is -2.29. The molecule has 0 amide bonds. The van der Waals surface area contributed by atoms with Crippen LogP contribution in [0.15, 0.2) is 6.07 Å². The van der Waals surface area contributed by atoms with Crippen LogP contribution in [0.4, 0.5) is 5.82 Å². The Morgan fingerprint density at radius 1 is 1.35 bits per heavy atom. The Morgan fingerprint density at radius 2 is 2.12 bits per heavy atom. The molecule has 0 radical (unpaired) electrons. The summed E-state index contributed by atoms with van der Waals surface area (Å²) in [5.74, 6) is 2.45. The molecule has 1 saturated heterocycles. The average Bonchev–Trinajstić information content (AvgIpc) is 2.28. The molecule has 1 aliphatic heterocycles. The molecule has 0 aliphatic carbocycles. The lowest BCUT2D eigenvalue weighted by atomic mass is 9.95. The first-order valence-electron chi connectivity index (χ1n) is 6.27. The van der Waals surface area contributed by atoms with Gasteiger partial charge in [-0.2, -0.15) is 0 Å². The van der Waals surface area contributed by atoms with Crippen LogP contribution in [0.2, 0.25) is 0 Å². The topological polar surface area (TPSA) is 32.3 Å². The lowest BCUT2D eigenvalue weighted by molar-refractivity contribution is 0.248. The van der Waals surface area contributed by atoms with Crippen molar-refractivity contribution >= 4 is 5.82 Å². The summed E-state index contributed by atoms with van der Waals surface area (Å²) in [6, 6.07) is 2.14. The molecule has 0 N–H and O–H groups in total. The Hall–Kier alpha value is -1.16. The van der Waals surface area contributed by atoms with Gasteiger partial charge in [0.15, 0.2) is 0 Å². The van der Waals surface area contributed by atoms with E-state index >= 15 is 0 Å². The third-order valence-electron chi connectivity index (χ3n) is 3.35. The fraction of sp³-hybridized carbons (Fsp3) is 0.692. The first-order valence-corrected chi connectivity index (χ1v) is 6.27. The van der Waals surface area contributed by atoms with E-state index in [-0.39, 0.29) is 0 Å². The smallest absolute Gasteiger partial charge is 0.132 e. The van der Waals surface area contributed by atoms with Crippen molar-refractivity contribution in [2.75, 3.05) is 39.1 Å². The fourth-order valence-electron chi connectivity index (χ4n) is 2.42. The van der Waals surface area contributed by atoms with Crippen LogP contribution >= 0.6 is 0 Å². The van der Waals surface area contributed by atoms with E-state index in [2.05, 4.69) is 28.0 Å². The fourth-order valence-corrected chi connectivity index (χ4v) is 2.42. The van der Waals surface area contributed by atoms with Gasteiger partial charge in [-0.15, -0.1) is 0 Å². The molecule has 0 aromatic carbocycles. The van der Waals surface area contributed by atoms with E-state index < -0.39 is 0 Å². The van der Waals surface area contributed by atoms with Gasteiger partial charge in [-0.05, 0) is 33.4 Å². The molecular weight excluding hydrogens is 212 g/mol. The predicted molar refractivity (Wildman–Crippen MR) is 70.6 cm³/mol. The van der Waals surface area contributed by atoms with Gasteiger partial charge in [-0.3, -0.25) is 0 Å². The van der Waals surface area contributed by atoms with E-state index in [0.29, 0.717) is 5.92 Å². The zero-order valence-corrected chi connectivity index (χ0v) is 11.3. The highest BCUT2D eigenvalue weighted by Gasteiger charge is 2.21. The van der Waals surface area contributed by atoms with Gasteiger partial charge in [0.2, 0.25) is 0 Å². The third-order valence-corrected chi connectivity index (χ3v) is 3.35. The van der Waals surface area contributed by atoms with Gasteiger partial charge in [-0.25, -0.2) is 9.97 Å². The zero-order valence-electron chi connectivity index (χ0n) is 11.3. The second-order valence-corrected chi connectivity index (χ2v) is 5.19. The van der Waals surface area contributed by atoms with E-state index in [1.807, 2.05) is 25.9 Å². The summed E-state index contributed by atoms with van der Waals surface area (Å²) in [6.45, 7) is 4.30. The van der Waals surface area contributed by atoms with E-state index in [9.17, 15) is 0 Å². The number of likely N-dealkylation sites (tertiary alicyclic amines) is 1. The number of aromatic nitrogens is 2. The molecule has 1 aromatic heterocycles. The summed E-state index contributed by atoms with van der Waals surface area (Å²) in [5.41, 5.74) is 1.20. The van der Waals surface area contributed by atoms with Crippen LogP contribution in [0, 0.1) is 6.92 Å². The van der Waals surface area contributed by atoms with Crippen molar-refractivity contribution in [3.63, 3.8) is 0 Å². The summed E-state index contributed by atoms with van der Waals surface area (Å²) in [5, 5.41) is 0. The highest BCUT2D eigenvalue weighted by molar-refractivity contribution is 5.38. The first-order chi connectivity index (χ1) is 8.06. The molecule has 0 bridgehead atoms. The Balaban J connectivity index is 2.25. The molecule has 1 fully saturated rings. The molecule has 17 heavy (non-hydrogen) atoms. The molecule has 2 rings (SSSR count). The number of anilines is 1. The first kappa shape index (κ1) is 12.3. The van der Waals surface area contributed by atoms with Crippen molar-refractivity contribution in [2.45, 2.75) is 25.7 Å². The zero-order chi connectivity index (χ0) is 12.4. The summed E-state index contributed by atoms with van der Waals surface area (Å²) in [6.07, 6.45) is 2.51. The van der Waals surface area contributed by atoms with Gasteiger partial charge in [0.25, 0.3) is 0 Å².